The number of carbonyl (C=O) groups is 2. The number of aliphatic carboxylic acids is 1. The van der Waals surface area contributed by atoms with Gasteiger partial charge in [-0.3, -0.25) is 4.79 Å². The number of benzene rings is 3. The van der Waals surface area contributed by atoms with Crippen LogP contribution in [-0.4, -0.2) is 22.0 Å². The van der Waals surface area contributed by atoms with Gasteiger partial charge in [0, 0.05) is 27.3 Å². The molecule has 0 radical (unpaired) electrons. The van der Waals surface area contributed by atoms with Gasteiger partial charge in [0.05, 0.1) is 4.88 Å². The first-order valence-electron chi connectivity index (χ1n) is 8.89. The molecule has 0 aliphatic carbocycles. The summed E-state index contributed by atoms with van der Waals surface area (Å²) in [7, 11) is 0. The van der Waals surface area contributed by atoms with Crippen LogP contribution in [0.2, 0.25) is 0 Å². The number of carbonyl (C=O) groups excluding carboxylic acids is 1. The van der Waals surface area contributed by atoms with Crippen molar-refractivity contribution in [2.75, 3.05) is 0 Å². The van der Waals surface area contributed by atoms with Gasteiger partial charge in [-0.05, 0) is 35.4 Å². The van der Waals surface area contributed by atoms with Crippen molar-refractivity contribution in [2.45, 2.75) is 0 Å². The van der Waals surface area contributed by atoms with E-state index in [0.717, 1.165) is 32.9 Å². The highest BCUT2D eigenvalue weighted by Gasteiger charge is 2.21. The van der Waals surface area contributed by atoms with E-state index in [2.05, 4.69) is 0 Å². The first-order chi connectivity index (χ1) is 14.0. The molecular formula is C24H16O4S. The van der Waals surface area contributed by atoms with Crippen LogP contribution >= 0.6 is 11.3 Å². The summed E-state index contributed by atoms with van der Waals surface area (Å²) in [4.78, 5) is 24.5. The number of hydrogen-bond donors (Lipinski definition) is 2. The smallest absolute Gasteiger partial charge is 0.328 e. The van der Waals surface area contributed by atoms with E-state index in [0.29, 0.717) is 10.4 Å². The third-order valence-corrected chi connectivity index (χ3v) is 5.68. The van der Waals surface area contributed by atoms with Gasteiger partial charge in [0.25, 0.3) is 0 Å². The molecule has 0 spiro atoms. The Balaban J connectivity index is 1.86. The van der Waals surface area contributed by atoms with Gasteiger partial charge < -0.3 is 10.2 Å². The Morgan fingerprint density at radius 1 is 0.897 bits per heavy atom. The minimum absolute atomic E-state index is 0.0730. The van der Waals surface area contributed by atoms with E-state index in [4.69, 9.17) is 5.11 Å². The summed E-state index contributed by atoms with van der Waals surface area (Å²) in [6, 6.07) is 21.6. The second kappa shape index (κ2) is 7.73. The molecule has 0 amide bonds. The maximum absolute atomic E-state index is 13.2. The SMILES string of the molecule is O=C(O)/C=C/c1ccc(-c2c(C(=O)c3ccccc3)sc3cc(O)ccc23)cc1. The van der Waals surface area contributed by atoms with Crippen LogP contribution in [0.1, 0.15) is 20.8 Å². The molecule has 3 aromatic carbocycles. The van der Waals surface area contributed by atoms with Crippen LogP contribution in [0.4, 0.5) is 0 Å². The Bertz CT molecular complexity index is 1240. The number of aromatic hydroxyl groups is 1. The van der Waals surface area contributed by atoms with E-state index in [1.54, 1.807) is 24.3 Å². The minimum Gasteiger partial charge on any atom is -0.508 e. The van der Waals surface area contributed by atoms with Crippen molar-refractivity contribution in [2.24, 2.45) is 0 Å². The molecule has 2 N–H and O–H groups in total. The van der Waals surface area contributed by atoms with Gasteiger partial charge in [0.15, 0.2) is 0 Å². The van der Waals surface area contributed by atoms with Crippen molar-refractivity contribution in [1.29, 1.82) is 0 Å². The van der Waals surface area contributed by atoms with E-state index in [1.165, 1.54) is 17.4 Å². The molecule has 0 fully saturated rings. The lowest BCUT2D eigenvalue weighted by molar-refractivity contribution is -0.131. The highest BCUT2D eigenvalue weighted by molar-refractivity contribution is 7.21. The molecule has 142 valence electrons. The maximum Gasteiger partial charge on any atom is 0.328 e. The van der Waals surface area contributed by atoms with Crippen molar-refractivity contribution >= 4 is 39.3 Å². The van der Waals surface area contributed by atoms with Crippen LogP contribution in [0.25, 0.3) is 27.3 Å². The van der Waals surface area contributed by atoms with Crippen molar-refractivity contribution < 1.29 is 19.8 Å². The number of phenols is 1. The van der Waals surface area contributed by atoms with Crippen LogP contribution in [0, 0.1) is 0 Å². The fraction of sp³-hybridized carbons (Fsp3) is 0. The van der Waals surface area contributed by atoms with Crippen LogP contribution in [0.5, 0.6) is 5.75 Å². The molecule has 4 rings (SSSR count). The van der Waals surface area contributed by atoms with Crippen LogP contribution in [0.15, 0.2) is 78.9 Å². The summed E-state index contributed by atoms with van der Waals surface area (Å²) >= 11 is 1.35. The molecule has 0 bridgehead atoms. The summed E-state index contributed by atoms with van der Waals surface area (Å²) in [6.07, 6.45) is 2.61. The highest BCUT2D eigenvalue weighted by Crippen LogP contribution is 2.41. The quantitative estimate of drug-likeness (QED) is 0.338. The van der Waals surface area contributed by atoms with Gasteiger partial charge in [-0.2, -0.15) is 0 Å². The number of ketones is 1. The monoisotopic (exact) mass is 400 g/mol. The van der Waals surface area contributed by atoms with Gasteiger partial charge in [0.2, 0.25) is 5.78 Å². The Labute approximate surface area is 171 Å². The fourth-order valence-corrected chi connectivity index (χ4v) is 4.40. The molecule has 0 saturated carbocycles. The molecule has 0 aliphatic heterocycles. The summed E-state index contributed by atoms with van der Waals surface area (Å²) < 4.78 is 0.828. The van der Waals surface area contributed by atoms with Crippen molar-refractivity contribution in [3.05, 3.63) is 94.9 Å². The Kier molecular flexibility index (Phi) is 4.97. The molecular weight excluding hydrogens is 384 g/mol. The van der Waals surface area contributed by atoms with Crippen molar-refractivity contribution in [3.8, 4) is 16.9 Å². The number of hydrogen-bond acceptors (Lipinski definition) is 4. The van der Waals surface area contributed by atoms with Gasteiger partial charge in [0.1, 0.15) is 5.75 Å². The second-order valence-electron chi connectivity index (χ2n) is 6.48. The number of thiophene rings is 1. The molecule has 1 aromatic heterocycles. The second-order valence-corrected chi connectivity index (χ2v) is 7.53. The third kappa shape index (κ3) is 3.81. The zero-order valence-electron chi connectivity index (χ0n) is 15.2. The summed E-state index contributed by atoms with van der Waals surface area (Å²) in [6.45, 7) is 0. The van der Waals surface area contributed by atoms with Crippen LogP contribution in [-0.2, 0) is 4.79 Å². The van der Waals surface area contributed by atoms with Crippen molar-refractivity contribution in [3.63, 3.8) is 0 Å². The zero-order valence-corrected chi connectivity index (χ0v) is 16.0. The van der Waals surface area contributed by atoms with E-state index in [9.17, 15) is 14.7 Å². The minimum atomic E-state index is -1.01. The standard InChI is InChI=1S/C24H16O4S/c25-18-11-12-19-20(14-18)29-24(23(28)17-4-2-1-3-5-17)22(19)16-9-6-15(7-10-16)8-13-21(26)27/h1-14,25H,(H,26,27)/b13-8+. The Morgan fingerprint density at radius 2 is 1.62 bits per heavy atom. The number of fused-ring (bicyclic) bond motifs is 1. The zero-order chi connectivity index (χ0) is 20.4. The molecule has 1 heterocycles. The molecule has 4 nitrogen and oxygen atoms in total. The number of carboxylic acids is 1. The molecule has 0 aliphatic rings. The Morgan fingerprint density at radius 3 is 2.31 bits per heavy atom. The number of carboxylic acid groups (broad SMARTS) is 1. The largest absolute Gasteiger partial charge is 0.508 e. The van der Waals surface area contributed by atoms with Crippen LogP contribution < -0.4 is 0 Å². The molecule has 0 unspecified atom stereocenters. The van der Waals surface area contributed by atoms with Gasteiger partial charge in [-0.25, -0.2) is 4.79 Å². The Hall–Kier alpha value is -3.70. The topological polar surface area (TPSA) is 74.6 Å². The lowest BCUT2D eigenvalue weighted by atomic mass is 9.97. The average Bonchev–Trinajstić information content (AvgIpc) is 3.11. The van der Waals surface area contributed by atoms with E-state index < -0.39 is 5.97 Å². The van der Waals surface area contributed by atoms with E-state index in [1.807, 2.05) is 48.5 Å². The highest BCUT2D eigenvalue weighted by atomic mass is 32.1. The summed E-state index contributed by atoms with van der Waals surface area (Å²) in [5.74, 6) is -0.928. The van der Waals surface area contributed by atoms with Gasteiger partial charge >= 0.3 is 5.97 Å². The fourth-order valence-electron chi connectivity index (χ4n) is 3.18. The predicted molar refractivity (Wildman–Crippen MR) is 115 cm³/mol. The van der Waals surface area contributed by atoms with Gasteiger partial charge in [-0.1, -0.05) is 54.6 Å². The molecule has 0 atom stereocenters. The van der Waals surface area contributed by atoms with Crippen LogP contribution in [0.3, 0.4) is 0 Å². The first-order valence-corrected chi connectivity index (χ1v) is 9.71. The van der Waals surface area contributed by atoms with E-state index in [-0.39, 0.29) is 11.5 Å². The van der Waals surface area contributed by atoms with Crippen molar-refractivity contribution in [1.82, 2.24) is 0 Å². The normalized spacial score (nSPS) is 11.2. The average molecular weight is 400 g/mol. The molecule has 4 aromatic rings. The maximum atomic E-state index is 13.2. The molecule has 0 saturated heterocycles. The number of rotatable bonds is 5. The predicted octanol–water partition coefficient (Wildman–Crippen LogP) is 5.60. The van der Waals surface area contributed by atoms with E-state index >= 15 is 0 Å². The third-order valence-electron chi connectivity index (χ3n) is 4.53. The van der Waals surface area contributed by atoms with Gasteiger partial charge in [-0.15, -0.1) is 11.3 Å². The summed E-state index contributed by atoms with van der Waals surface area (Å²) in [5, 5.41) is 19.5. The number of phenolic OH excluding ortho intramolecular Hbond substituents is 1. The molecule has 5 heteroatoms. The summed E-state index contributed by atoms with van der Waals surface area (Å²) in [5.41, 5.74) is 3.02. The lowest BCUT2D eigenvalue weighted by Gasteiger charge is -2.06. The first kappa shape index (κ1) is 18.7. The molecule has 29 heavy (non-hydrogen) atoms. The lowest BCUT2D eigenvalue weighted by Crippen LogP contribution is -2.00.